The van der Waals surface area contributed by atoms with Crippen molar-refractivity contribution in [3.8, 4) is 29.3 Å². The second kappa shape index (κ2) is 8.26. The van der Waals surface area contributed by atoms with E-state index in [1.165, 1.54) is 11.7 Å². The molecule has 0 N–H and O–H groups in total. The van der Waals surface area contributed by atoms with Crippen molar-refractivity contribution in [3.63, 3.8) is 0 Å². The highest BCUT2D eigenvalue weighted by Crippen LogP contribution is 2.19. The Morgan fingerprint density at radius 3 is 2.32 bits per heavy atom. The second-order valence-electron chi connectivity index (χ2n) is 5.60. The molecule has 0 unspecified atom stereocenters. The van der Waals surface area contributed by atoms with Gasteiger partial charge in [0.05, 0.1) is 24.4 Å². The number of nitrogens with zero attached hydrogens (tertiary/aromatic N) is 3. The van der Waals surface area contributed by atoms with Gasteiger partial charge >= 0.3 is 0 Å². The predicted octanol–water partition coefficient (Wildman–Crippen LogP) is 1.94. The Hall–Kier alpha value is -3.81. The molecular formula is C21H15N3O3S. The van der Waals surface area contributed by atoms with Gasteiger partial charge in [-0.05, 0) is 35.9 Å². The lowest BCUT2D eigenvalue weighted by molar-refractivity contribution is 0.412. The summed E-state index contributed by atoms with van der Waals surface area (Å²) in [5.74, 6) is 1.18. The Labute approximate surface area is 165 Å². The van der Waals surface area contributed by atoms with E-state index in [4.69, 9.17) is 9.47 Å². The topological polar surface area (TPSA) is 88.0 Å². The standard InChI is InChI=1S/C21H15N3O3S/c1-26-16-9-7-14(8-10-16)11-19-20(25)24(21(28-19)15(12-22)13-23)17-5-3-4-6-18(17)27-2/h3-11H,1-2H3/b19-11+. The Bertz CT molecular complexity index is 1260. The fourth-order valence-corrected chi connectivity index (χ4v) is 3.70. The first-order valence-corrected chi connectivity index (χ1v) is 9.00. The largest absolute Gasteiger partial charge is 0.497 e. The van der Waals surface area contributed by atoms with Crippen molar-refractivity contribution in [2.75, 3.05) is 14.2 Å². The quantitative estimate of drug-likeness (QED) is 0.680. The minimum Gasteiger partial charge on any atom is -0.497 e. The van der Waals surface area contributed by atoms with E-state index in [1.807, 2.05) is 24.3 Å². The lowest BCUT2D eigenvalue weighted by atomic mass is 10.2. The van der Waals surface area contributed by atoms with Crippen molar-refractivity contribution in [3.05, 3.63) is 73.6 Å². The van der Waals surface area contributed by atoms with Gasteiger partial charge in [0, 0.05) is 0 Å². The molecule has 0 aliphatic carbocycles. The number of hydrogen-bond acceptors (Lipinski definition) is 6. The van der Waals surface area contributed by atoms with Crippen LogP contribution in [0.3, 0.4) is 0 Å². The summed E-state index contributed by atoms with van der Waals surface area (Å²) >= 11 is 1.09. The van der Waals surface area contributed by atoms with Crippen LogP contribution in [0, 0.1) is 22.7 Å². The van der Waals surface area contributed by atoms with Crippen molar-refractivity contribution in [2.45, 2.75) is 0 Å². The fourth-order valence-electron chi connectivity index (χ4n) is 2.66. The SMILES string of the molecule is COc1ccc(/C=c2/sc(=C(C#N)C#N)n(-c3ccccc3OC)c2=O)cc1. The van der Waals surface area contributed by atoms with Gasteiger partial charge < -0.3 is 9.47 Å². The summed E-state index contributed by atoms with van der Waals surface area (Å²) in [7, 11) is 3.08. The van der Waals surface area contributed by atoms with Gasteiger partial charge in [-0.1, -0.05) is 24.3 Å². The summed E-state index contributed by atoms with van der Waals surface area (Å²) in [6, 6.07) is 17.9. The molecular weight excluding hydrogens is 374 g/mol. The van der Waals surface area contributed by atoms with E-state index in [1.54, 1.807) is 49.6 Å². The van der Waals surface area contributed by atoms with Crippen molar-refractivity contribution in [1.29, 1.82) is 10.5 Å². The predicted molar refractivity (Wildman–Crippen MR) is 107 cm³/mol. The van der Waals surface area contributed by atoms with Crippen molar-refractivity contribution in [1.82, 2.24) is 4.57 Å². The van der Waals surface area contributed by atoms with Crippen molar-refractivity contribution < 1.29 is 9.47 Å². The Morgan fingerprint density at radius 1 is 1.04 bits per heavy atom. The van der Waals surface area contributed by atoms with E-state index in [2.05, 4.69) is 0 Å². The van der Waals surface area contributed by atoms with E-state index >= 15 is 0 Å². The number of thiazole rings is 1. The zero-order valence-corrected chi connectivity index (χ0v) is 16.0. The zero-order chi connectivity index (χ0) is 20.1. The average Bonchev–Trinajstić information content (AvgIpc) is 3.05. The fraction of sp³-hybridized carbons (Fsp3) is 0.0952. The molecule has 138 valence electrons. The zero-order valence-electron chi connectivity index (χ0n) is 15.2. The van der Waals surface area contributed by atoms with E-state index < -0.39 is 0 Å². The van der Waals surface area contributed by atoms with Crippen LogP contribution in [0.15, 0.2) is 53.3 Å². The lowest BCUT2D eigenvalue weighted by Gasteiger charge is -2.08. The van der Waals surface area contributed by atoms with E-state index in [0.717, 1.165) is 16.9 Å². The van der Waals surface area contributed by atoms with Crippen LogP contribution in [0.2, 0.25) is 0 Å². The molecule has 3 rings (SSSR count). The molecule has 6 nitrogen and oxygen atoms in total. The second-order valence-corrected chi connectivity index (χ2v) is 6.63. The Kier molecular flexibility index (Phi) is 5.59. The molecule has 0 saturated heterocycles. The van der Waals surface area contributed by atoms with Crippen molar-refractivity contribution >= 4 is 23.0 Å². The van der Waals surface area contributed by atoms with Gasteiger partial charge in [-0.2, -0.15) is 10.5 Å². The number of methoxy groups -OCH3 is 2. The molecule has 0 amide bonds. The summed E-state index contributed by atoms with van der Waals surface area (Å²) in [5.41, 5.74) is 0.803. The van der Waals surface area contributed by atoms with Crippen LogP contribution in [-0.2, 0) is 0 Å². The molecule has 7 heteroatoms. The number of benzene rings is 2. The third-order valence-corrected chi connectivity index (χ3v) is 5.09. The molecule has 3 aromatic rings. The van der Waals surface area contributed by atoms with Gasteiger partial charge in [-0.25, -0.2) is 0 Å². The first kappa shape index (κ1) is 19.0. The molecule has 0 fully saturated rings. The maximum Gasteiger partial charge on any atom is 0.273 e. The van der Waals surface area contributed by atoms with E-state index in [-0.39, 0.29) is 15.8 Å². The van der Waals surface area contributed by atoms with Crippen LogP contribution in [0.5, 0.6) is 11.5 Å². The highest BCUT2D eigenvalue weighted by atomic mass is 32.1. The van der Waals surface area contributed by atoms with Crippen LogP contribution in [0.25, 0.3) is 17.3 Å². The summed E-state index contributed by atoms with van der Waals surface area (Å²) in [4.78, 5) is 13.2. The van der Waals surface area contributed by atoms with Gasteiger partial charge in [0.25, 0.3) is 5.56 Å². The molecule has 0 aliphatic heterocycles. The van der Waals surface area contributed by atoms with Crippen LogP contribution >= 0.6 is 11.3 Å². The van der Waals surface area contributed by atoms with Crippen LogP contribution in [-0.4, -0.2) is 18.8 Å². The summed E-state index contributed by atoms with van der Waals surface area (Å²) in [6.45, 7) is 0. The number of para-hydroxylation sites is 2. The minimum atomic E-state index is -0.330. The van der Waals surface area contributed by atoms with Gasteiger partial charge in [0.1, 0.15) is 28.3 Å². The number of ether oxygens (including phenoxy) is 2. The number of nitriles is 2. The number of rotatable bonds is 4. The summed E-state index contributed by atoms with van der Waals surface area (Å²) in [6.07, 6.45) is 1.72. The third-order valence-electron chi connectivity index (χ3n) is 4.00. The first-order chi connectivity index (χ1) is 13.6. The molecule has 1 aromatic heterocycles. The van der Waals surface area contributed by atoms with Crippen LogP contribution in [0.4, 0.5) is 0 Å². The Balaban J connectivity index is 2.36. The Morgan fingerprint density at radius 2 is 1.71 bits per heavy atom. The highest BCUT2D eigenvalue weighted by molar-refractivity contribution is 7.07. The normalized spacial score (nSPS) is 10.8. The van der Waals surface area contributed by atoms with Crippen molar-refractivity contribution in [2.24, 2.45) is 0 Å². The lowest BCUT2D eigenvalue weighted by Crippen LogP contribution is -2.31. The molecule has 1 heterocycles. The molecule has 0 atom stereocenters. The number of aromatic nitrogens is 1. The average molecular weight is 389 g/mol. The molecule has 0 bridgehead atoms. The highest BCUT2D eigenvalue weighted by Gasteiger charge is 2.14. The van der Waals surface area contributed by atoms with Crippen LogP contribution in [0.1, 0.15) is 5.56 Å². The molecule has 2 aromatic carbocycles. The smallest absolute Gasteiger partial charge is 0.273 e. The van der Waals surface area contributed by atoms with Gasteiger partial charge in [-0.3, -0.25) is 9.36 Å². The van der Waals surface area contributed by atoms with Gasteiger partial charge in [0.2, 0.25) is 0 Å². The van der Waals surface area contributed by atoms with E-state index in [0.29, 0.717) is 21.7 Å². The molecule has 0 spiro atoms. The van der Waals surface area contributed by atoms with Gasteiger partial charge in [0.15, 0.2) is 5.57 Å². The maximum absolute atomic E-state index is 13.2. The van der Waals surface area contributed by atoms with Gasteiger partial charge in [-0.15, -0.1) is 11.3 Å². The number of hydrogen-bond donors (Lipinski definition) is 0. The maximum atomic E-state index is 13.2. The molecule has 0 radical (unpaired) electrons. The summed E-state index contributed by atoms with van der Waals surface area (Å²) in [5, 5.41) is 18.7. The first-order valence-electron chi connectivity index (χ1n) is 8.18. The molecule has 0 aliphatic rings. The van der Waals surface area contributed by atoms with Crippen LogP contribution < -0.4 is 24.2 Å². The summed E-state index contributed by atoms with van der Waals surface area (Å²) < 4.78 is 12.5. The molecule has 0 saturated carbocycles. The van der Waals surface area contributed by atoms with E-state index in [9.17, 15) is 15.3 Å². The monoisotopic (exact) mass is 389 g/mol. The minimum absolute atomic E-state index is 0.137. The molecule has 28 heavy (non-hydrogen) atoms. The third kappa shape index (κ3) is 3.52.